The lowest BCUT2D eigenvalue weighted by atomic mass is 10.1. The van der Waals surface area contributed by atoms with Gasteiger partial charge >= 0.3 is 0 Å². The van der Waals surface area contributed by atoms with Gasteiger partial charge in [0.05, 0.1) is 11.0 Å². The number of rotatable bonds is 4. The van der Waals surface area contributed by atoms with E-state index >= 15 is 0 Å². The van der Waals surface area contributed by atoms with E-state index in [1.807, 2.05) is 60.7 Å². The molecular formula is C39H24N4O. The average Bonchev–Trinajstić information content (AvgIpc) is 3.65. The molecule has 6 aromatic carbocycles. The molecule has 9 rings (SSSR count). The Labute approximate surface area is 252 Å². The highest BCUT2D eigenvalue weighted by Crippen LogP contribution is 2.37. The van der Waals surface area contributed by atoms with Crippen LogP contribution in [0.15, 0.2) is 150 Å². The molecule has 0 atom stereocenters. The maximum atomic E-state index is 6.18. The zero-order valence-electron chi connectivity index (χ0n) is 23.6. The molecular weight excluding hydrogens is 540 g/mol. The summed E-state index contributed by atoms with van der Waals surface area (Å²) in [5.41, 5.74) is 7.85. The zero-order chi connectivity index (χ0) is 29.0. The molecule has 9 aromatic rings. The molecule has 0 fully saturated rings. The van der Waals surface area contributed by atoms with Gasteiger partial charge < -0.3 is 8.98 Å². The second-order valence-corrected chi connectivity index (χ2v) is 10.9. The first kappa shape index (κ1) is 24.5. The molecule has 0 bridgehead atoms. The van der Waals surface area contributed by atoms with Crippen molar-refractivity contribution >= 4 is 43.7 Å². The Morgan fingerprint density at radius 2 is 0.955 bits per heavy atom. The first-order chi connectivity index (χ1) is 21.8. The van der Waals surface area contributed by atoms with Gasteiger partial charge in [0.15, 0.2) is 17.5 Å². The first-order valence-corrected chi connectivity index (χ1v) is 14.6. The molecule has 0 radical (unpaired) electrons. The van der Waals surface area contributed by atoms with Crippen LogP contribution in [0, 0.1) is 0 Å². The monoisotopic (exact) mass is 564 g/mol. The zero-order valence-corrected chi connectivity index (χ0v) is 23.6. The van der Waals surface area contributed by atoms with Crippen LogP contribution in [0.1, 0.15) is 0 Å². The van der Waals surface area contributed by atoms with E-state index in [9.17, 15) is 0 Å². The molecule has 3 aromatic heterocycles. The molecule has 0 aliphatic heterocycles. The molecule has 0 N–H and O–H groups in total. The molecule has 0 amide bonds. The second-order valence-electron chi connectivity index (χ2n) is 10.9. The van der Waals surface area contributed by atoms with Crippen molar-refractivity contribution in [1.82, 2.24) is 19.5 Å². The van der Waals surface area contributed by atoms with Gasteiger partial charge in [0.2, 0.25) is 0 Å². The predicted octanol–water partition coefficient (Wildman–Crippen LogP) is 9.87. The van der Waals surface area contributed by atoms with Gasteiger partial charge in [0, 0.05) is 43.9 Å². The summed E-state index contributed by atoms with van der Waals surface area (Å²) in [6.07, 6.45) is 0. The van der Waals surface area contributed by atoms with E-state index < -0.39 is 0 Å². The van der Waals surface area contributed by atoms with Crippen molar-refractivity contribution in [3.8, 4) is 39.9 Å². The molecule has 206 valence electrons. The summed E-state index contributed by atoms with van der Waals surface area (Å²) in [6.45, 7) is 0. The summed E-state index contributed by atoms with van der Waals surface area (Å²) in [7, 11) is 0. The topological polar surface area (TPSA) is 56.7 Å². The number of hydrogen-bond donors (Lipinski definition) is 0. The molecule has 3 heterocycles. The Morgan fingerprint density at radius 3 is 1.66 bits per heavy atom. The number of hydrogen-bond acceptors (Lipinski definition) is 4. The van der Waals surface area contributed by atoms with E-state index in [1.54, 1.807) is 0 Å². The Kier molecular flexibility index (Phi) is 5.43. The fourth-order valence-electron chi connectivity index (χ4n) is 6.26. The van der Waals surface area contributed by atoms with Crippen LogP contribution in [0.2, 0.25) is 0 Å². The van der Waals surface area contributed by atoms with Gasteiger partial charge in [-0.15, -0.1) is 0 Å². The van der Waals surface area contributed by atoms with Crippen LogP contribution in [0.5, 0.6) is 0 Å². The number of aromatic nitrogens is 4. The van der Waals surface area contributed by atoms with Crippen molar-refractivity contribution in [2.45, 2.75) is 0 Å². The largest absolute Gasteiger partial charge is 0.456 e. The molecule has 44 heavy (non-hydrogen) atoms. The maximum Gasteiger partial charge on any atom is 0.164 e. The quantitative estimate of drug-likeness (QED) is 0.213. The summed E-state index contributed by atoms with van der Waals surface area (Å²) in [6, 6.07) is 49.8. The van der Waals surface area contributed by atoms with Crippen molar-refractivity contribution in [1.29, 1.82) is 0 Å². The Hall–Kier alpha value is -6.07. The molecule has 0 spiro atoms. The van der Waals surface area contributed by atoms with Gasteiger partial charge in [-0.2, -0.15) is 0 Å². The van der Waals surface area contributed by atoms with Crippen molar-refractivity contribution in [3.63, 3.8) is 0 Å². The highest BCUT2D eigenvalue weighted by atomic mass is 16.3. The normalized spacial score (nSPS) is 11.6. The lowest BCUT2D eigenvalue weighted by Gasteiger charge is -2.11. The van der Waals surface area contributed by atoms with Crippen LogP contribution in [0.4, 0.5) is 0 Å². The van der Waals surface area contributed by atoms with Crippen molar-refractivity contribution < 1.29 is 4.42 Å². The lowest BCUT2D eigenvalue weighted by molar-refractivity contribution is 0.669. The molecule has 5 nitrogen and oxygen atoms in total. The highest BCUT2D eigenvalue weighted by Gasteiger charge is 2.18. The number of benzene rings is 6. The number of furan rings is 1. The first-order valence-electron chi connectivity index (χ1n) is 14.6. The molecule has 0 aliphatic rings. The van der Waals surface area contributed by atoms with Crippen LogP contribution in [-0.2, 0) is 0 Å². The van der Waals surface area contributed by atoms with Crippen molar-refractivity contribution in [2.24, 2.45) is 0 Å². The van der Waals surface area contributed by atoms with Crippen LogP contribution in [0.3, 0.4) is 0 Å². The second kappa shape index (κ2) is 9.75. The van der Waals surface area contributed by atoms with E-state index in [0.717, 1.165) is 44.3 Å². The minimum absolute atomic E-state index is 0.609. The lowest BCUT2D eigenvalue weighted by Crippen LogP contribution is -2.01. The fourth-order valence-corrected chi connectivity index (χ4v) is 6.26. The van der Waals surface area contributed by atoms with Crippen LogP contribution in [0.25, 0.3) is 83.6 Å². The van der Waals surface area contributed by atoms with Crippen molar-refractivity contribution in [2.75, 3.05) is 0 Å². The Bertz CT molecular complexity index is 2440. The minimum atomic E-state index is 0.609. The highest BCUT2D eigenvalue weighted by molar-refractivity contribution is 6.12. The van der Waals surface area contributed by atoms with E-state index in [1.165, 1.54) is 21.8 Å². The third-order valence-corrected chi connectivity index (χ3v) is 8.27. The van der Waals surface area contributed by atoms with Crippen LogP contribution in [-0.4, -0.2) is 19.5 Å². The third kappa shape index (κ3) is 3.83. The molecule has 0 aliphatic carbocycles. The number of nitrogens with zero attached hydrogens (tertiary/aromatic N) is 4. The van der Waals surface area contributed by atoms with Gasteiger partial charge in [-0.05, 0) is 48.5 Å². The molecule has 0 unspecified atom stereocenters. The van der Waals surface area contributed by atoms with E-state index in [0.29, 0.717) is 17.5 Å². The van der Waals surface area contributed by atoms with Crippen LogP contribution >= 0.6 is 0 Å². The standard InChI is InChI=1S/C39H24N4O/c1-2-11-25(12-3-1)37-40-38(42-39(41-37)31-16-10-20-35-36(31)30-15-6-9-19-34(30)44-35)26-21-23-27(24-22-26)43-32-17-7-4-13-28(32)29-14-5-8-18-33(29)43/h1-24H. The summed E-state index contributed by atoms with van der Waals surface area (Å²) >= 11 is 0. The van der Waals surface area contributed by atoms with E-state index in [-0.39, 0.29) is 0 Å². The minimum Gasteiger partial charge on any atom is -0.456 e. The fraction of sp³-hybridized carbons (Fsp3) is 0. The summed E-state index contributed by atoms with van der Waals surface area (Å²) in [5.74, 6) is 1.85. The van der Waals surface area contributed by atoms with Gasteiger partial charge in [-0.3, -0.25) is 0 Å². The Morgan fingerprint density at radius 1 is 0.409 bits per heavy atom. The SMILES string of the molecule is c1ccc(-c2nc(-c3ccc(-n4c5ccccc5c5ccccc54)cc3)nc(-c3cccc4oc5ccccc5c34)n2)cc1. The number of para-hydroxylation sites is 3. The van der Waals surface area contributed by atoms with Gasteiger partial charge in [-0.25, -0.2) is 15.0 Å². The van der Waals surface area contributed by atoms with E-state index in [4.69, 9.17) is 19.4 Å². The summed E-state index contributed by atoms with van der Waals surface area (Å²) in [4.78, 5) is 15.0. The number of fused-ring (bicyclic) bond motifs is 6. The van der Waals surface area contributed by atoms with Crippen molar-refractivity contribution in [3.05, 3.63) is 146 Å². The predicted molar refractivity (Wildman–Crippen MR) is 178 cm³/mol. The average molecular weight is 565 g/mol. The molecule has 0 saturated heterocycles. The summed E-state index contributed by atoms with van der Waals surface area (Å²) < 4.78 is 8.49. The molecule has 0 saturated carbocycles. The van der Waals surface area contributed by atoms with Gasteiger partial charge in [0.1, 0.15) is 11.2 Å². The third-order valence-electron chi connectivity index (χ3n) is 8.27. The molecule has 5 heteroatoms. The summed E-state index contributed by atoms with van der Waals surface area (Å²) in [5, 5.41) is 4.52. The maximum absolute atomic E-state index is 6.18. The smallest absolute Gasteiger partial charge is 0.164 e. The van der Waals surface area contributed by atoms with Gasteiger partial charge in [-0.1, -0.05) is 97.1 Å². The Balaban J connectivity index is 1.23. The van der Waals surface area contributed by atoms with E-state index in [2.05, 4.69) is 89.5 Å². The van der Waals surface area contributed by atoms with Crippen LogP contribution < -0.4 is 0 Å². The van der Waals surface area contributed by atoms with Gasteiger partial charge in [0.25, 0.3) is 0 Å².